The monoisotopic (exact) mass is 314 g/mol. The molecule has 2 rings (SSSR count). The Kier molecular flexibility index (Phi) is 5.74. The normalized spacial score (nSPS) is 10.2. The summed E-state index contributed by atoms with van der Waals surface area (Å²) in [4.78, 5) is 19.4. The molecule has 0 bridgehead atoms. The van der Waals surface area contributed by atoms with Gasteiger partial charge in [-0.05, 0) is 30.7 Å². The molecule has 0 saturated carbocycles. The first-order chi connectivity index (χ1) is 11.1. The zero-order valence-electron chi connectivity index (χ0n) is 13.4. The zero-order valence-corrected chi connectivity index (χ0v) is 13.4. The minimum Gasteiger partial charge on any atom is -0.393 e. The average molecular weight is 314 g/mol. The molecule has 0 fully saturated rings. The molecule has 0 atom stereocenters. The number of benzene rings is 1. The van der Waals surface area contributed by atoms with Crippen LogP contribution in [-0.4, -0.2) is 22.4 Å². The Morgan fingerprint density at radius 2 is 1.78 bits per heavy atom. The molecule has 0 unspecified atom stereocenters. The number of carbonyl (C=O) groups is 1. The van der Waals surface area contributed by atoms with Crippen LogP contribution in [0.3, 0.4) is 0 Å². The Hall–Kier alpha value is -2.83. The molecule has 0 aliphatic carbocycles. The Morgan fingerprint density at radius 3 is 2.43 bits per heavy atom. The van der Waals surface area contributed by atoms with E-state index in [1.807, 2.05) is 24.3 Å². The third kappa shape index (κ3) is 4.84. The highest BCUT2D eigenvalue weighted by Gasteiger charge is 2.08. The van der Waals surface area contributed by atoms with Crippen molar-refractivity contribution >= 4 is 34.6 Å². The van der Waals surface area contributed by atoms with Gasteiger partial charge >= 0.3 is 0 Å². The lowest BCUT2D eigenvalue weighted by Gasteiger charge is -2.12. The van der Waals surface area contributed by atoms with Gasteiger partial charge in [-0.3, -0.25) is 4.79 Å². The summed E-state index contributed by atoms with van der Waals surface area (Å²) in [7, 11) is 0. The van der Waals surface area contributed by atoms with Crippen LogP contribution in [0.4, 0.5) is 28.7 Å². The van der Waals surface area contributed by atoms with Crippen molar-refractivity contribution in [1.29, 1.82) is 0 Å². The number of hydrogen-bond acceptors (Lipinski definition) is 6. The van der Waals surface area contributed by atoms with Crippen LogP contribution in [0.2, 0.25) is 0 Å². The van der Waals surface area contributed by atoms with Crippen LogP contribution in [0.25, 0.3) is 0 Å². The van der Waals surface area contributed by atoms with Crippen LogP contribution < -0.4 is 21.7 Å². The molecule has 23 heavy (non-hydrogen) atoms. The summed E-state index contributed by atoms with van der Waals surface area (Å²) >= 11 is 0. The van der Waals surface area contributed by atoms with Crippen LogP contribution >= 0.6 is 0 Å². The second kappa shape index (κ2) is 7.98. The van der Waals surface area contributed by atoms with Gasteiger partial charge in [-0.25, -0.2) is 9.97 Å². The maximum absolute atomic E-state index is 11.0. The lowest BCUT2D eigenvalue weighted by atomic mass is 10.2. The number of nitrogens with zero attached hydrogens (tertiary/aromatic N) is 2. The van der Waals surface area contributed by atoms with E-state index in [0.717, 1.165) is 30.8 Å². The van der Waals surface area contributed by atoms with Gasteiger partial charge in [0, 0.05) is 24.8 Å². The highest BCUT2D eigenvalue weighted by molar-refractivity contribution is 5.89. The van der Waals surface area contributed by atoms with Crippen molar-refractivity contribution in [2.75, 3.05) is 28.2 Å². The van der Waals surface area contributed by atoms with E-state index < -0.39 is 0 Å². The molecule has 122 valence electrons. The van der Waals surface area contributed by atoms with Gasteiger partial charge in [-0.2, -0.15) is 0 Å². The number of rotatable bonds is 7. The minimum atomic E-state index is -0.103. The van der Waals surface area contributed by atoms with E-state index in [1.165, 1.54) is 13.3 Å². The topological polar surface area (TPSA) is 105 Å². The average Bonchev–Trinajstić information content (AvgIpc) is 2.52. The summed E-state index contributed by atoms with van der Waals surface area (Å²) in [6, 6.07) is 7.30. The molecular formula is C16H22N6O. The van der Waals surface area contributed by atoms with Gasteiger partial charge in [0.05, 0.1) is 0 Å². The first-order valence-electron chi connectivity index (χ1n) is 7.59. The van der Waals surface area contributed by atoms with Crippen molar-refractivity contribution < 1.29 is 4.79 Å². The summed E-state index contributed by atoms with van der Waals surface area (Å²) in [5, 5.41) is 9.08. The van der Waals surface area contributed by atoms with Gasteiger partial charge in [0.1, 0.15) is 12.0 Å². The summed E-state index contributed by atoms with van der Waals surface area (Å²) in [6.45, 7) is 4.42. The van der Waals surface area contributed by atoms with Crippen molar-refractivity contribution in [2.24, 2.45) is 0 Å². The van der Waals surface area contributed by atoms with Gasteiger partial charge in [-0.1, -0.05) is 13.3 Å². The summed E-state index contributed by atoms with van der Waals surface area (Å²) in [5.41, 5.74) is 8.14. The number of carbonyl (C=O) groups excluding carboxylic acids is 1. The number of hydrogen-bond donors (Lipinski definition) is 4. The fourth-order valence-corrected chi connectivity index (χ4v) is 2.00. The molecule has 7 nitrogen and oxygen atoms in total. The largest absolute Gasteiger partial charge is 0.393 e. The zero-order chi connectivity index (χ0) is 16.7. The van der Waals surface area contributed by atoms with E-state index in [0.29, 0.717) is 17.3 Å². The Morgan fingerprint density at radius 1 is 1.13 bits per heavy atom. The van der Waals surface area contributed by atoms with Gasteiger partial charge in [-0.15, -0.1) is 0 Å². The van der Waals surface area contributed by atoms with Crippen molar-refractivity contribution in [3.63, 3.8) is 0 Å². The predicted molar refractivity (Wildman–Crippen MR) is 93.9 cm³/mol. The standard InChI is InChI=1S/C16H22N6O/c1-3-4-9-18-15-14(17)16(20-10-19-15)22-13-7-5-12(6-8-13)21-11(2)23/h5-8,10H,3-4,9,17H2,1-2H3,(H,21,23)(H2,18,19,20,22). The quantitative estimate of drug-likeness (QED) is 0.586. The van der Waals surface area contributed by atoms with E-state index in [1.54, 1.807) is 0 Å². The van der Waals surface area contributed by atoms with Gasteiger partial charge in [0.15, 0.2) is 11.6 Å². The number of nitrogen functional groups attached to an aromatic ring is 1. The smallest absolute Gasteiger partial charge is 0.221 e. The molecule has 0 radical (unpaired) electrons. The molecule has 0 saturated heterocycles. The first kappa shape index (κ1) is 16.5. The first-order valence-corrected chi connectivity index (χ1v) is 7.59. The summed E-state index contributed by atoms with van der Waals surface area (Å²) in [5.74, 6) is 1.07. The molecule has 0 aliphatic rings. The number of anilines is 5. The highest BCUT2D eigenvalue weighted by atomic mass is 16.1. The Bertz CT molecular complexity index is 656. The molecule has 0 spiro atoms. The molecule has 1 aromatic carbocycles. The predicted octanol–water partition coefficient (Wildman–Crippen LogP) is 2.97. The number of nitrogens with one attached hydrogen (secondary N) is 3. The third-order valence-corrected chi connectivity index (χ3v) is 3.17. The van der Waals surface area contributed by atoms with Crippen LogP contribution in [0.5, 0.6) is 0 Å². The molecule has 2 aromatic rings. The van der Waals surface area contributed by atoms with E-state index in [2.05, 4.69) is 32.8 Å². The molecule has 0 aliphatic heterocycles. The third-order valence-electron chi connectivity index (χ3n) is 3.17. The van der Waals surface area contributed by atoms with E-state index in [-0.39, 0.29) is 5.91 Å². The van der Waals surface area contributed by atoms with E-state index >= 15 is 0 Å². The van der Waals surface area contributed by atoms with E-state index in [9.17, 15) is 4.79 Å². The molecule has 7 heteroatoms. The van der Waals surface area contributed by atoms with Crippen molar-refractivity contribution in [3.05, 3.63) is 30.6 Å². The number of unbranched alkanes of at least 4 members (excludes halogenated alkanes) is 1. The molecule has 1 heterocycles. The van der Waals surface area contributed by atoms with Gasteiger partial charge < -0.3 is 21.7 Å². The lowest BCUT2D eigenvalue weighted by molar-refractivity contribution is -0.114. The van der Waals surface area contributed by atoms with Crippen molar-refractivity contribution in [3.8, 4) is 0 Å². The minimum absolute atomic E-state index is 0.103. The maximum atomic E-state index is 11.0. The fourth-order valence-electron chi connectivity index (χ4n) is 2.00. The Balaban J connectivity index is 2.07. The van der Waals surface area contributed by atoms with Crippen LogP contribution in [0.15, 0.2) is 30.6 Å². The molecular weight excluding hydrogens is 292 g/mol. The second-order valence-corrected chi connectivity index (χ2v) is 5.15. The second-order valence-electron chi connectivity index (χ2n) is 5.15. The Labute approximate surface area is 135 Å². The molecule has 5 N–H and O–H groups in total. The van der Waals surface area contributed by atoms with Crippen LogP contribution in [0, 0.1) is 0 Å². The molecule has 1 aromatic heterocycles. The fraction of sp³-hybridized carbons (Fsp3) is 0.312. The number of amides is 1. The maximum Gasteiger partial charge on any atom is 0.221 e. The summed E-state index contributed by atoms with van der Waals surface area (Å²) < 4.78 is 0. The van der Waals surface area contributed by atoms with Crippen LogP contribution in [-0.2, 0) is 4.79 Å². The lowest BCUT2D eigenvalue weighted by Crippen LogP contribution is -2.09. The van der Waals surface area contributed by atoms with Gasteiger partial charge in [0.25, 0.3) is 0 Å². The number of aromatic nitrogens is 2. The van der Waals surface area contributed by atoms with Gasteiger partial charge in [0.2, 0.25) is 5.91 Å². The van der Waals surface area contributed by atoms with E-state index in [4.69, 9.17) is 5.73 Å². The van der Waals surface area contributed by atoms with Crippen molar-refractivity contribution in [1.82, 2.24) is 9.97 Å². The number of nitrogens with two attached hydrogens (primary N) is 1. The highest BCUT2D eigenvalue weighted by Crippen LogP contribution is 2.26. The molecule has 1 amide bonds. The SMILES string of the molecule is CCCCNc1ncnc(Nc2ccc(NC(C)=O)cc2)c1N. The van der Waals surface area contributed by atoms with Crippen LogP contribution in [0.1, 0.15) is 26.7 Å². The van der Waals surface area contributed by atoms with Crippen molar-refractivity contribution in [2.45, 2.75) is 26.7 Å². The summed E-state index contributed by atoms with van der Waals surface area (Å²) in [6.07, 6.45) is 3.62.